The lowest BCUT2D eigenvalue weighted by atomic mass is 10.00. The van der Waals surface area contributed by atoms with Crippen molar-refractivity contribution in [1.82, 2.24) is 0 Å². The van der Waals surface area contributed by atoms with Gasteiger partial charge >= 0.3 is 10.1 Å². The quantitative estimate of drug-likeness (QED) is 0.0366. The minimum Gasteiger partial charge on any atom is -0.543 e. The molecule has 0 aliphatic carbocycles. The predicted octanol–water partition coefficient (Wildman–Crippen LogP) is 11.7. The lowest BCUT2D eigenvalue weighted by Crippen LogP contribution is -2.69. The maximum absolute atomic E-state index is 11.3. The number of carboxylic acids is 1. The van der Waals surface area contributed by atoms with E-state index in [-0.39, 0.29) is 6.42 Å². The molecule has 0 saturated carbocycles. The Bertz CT molecular complexity index is 856. The lowest BCUT2D eigenvalue weighted by Gasteiger charge is -2.43. The van der Waals surface area contributed by atoms with E-state index >= 15 is 0 Å². The monoisotopic (exact) mass is 776 g/mol. The minimum atomic E-state index is -4.74. The molecule has 0 spiro atoms. The van der Waals surface area contributed by atoms with Gasteiger partial charge in [0.25, 0.3) is 4.87 Å². The van der Waals surface area contributed by atoms with Crippen LogP contribution in [0.25, 0.3) is 0 Å². The summed E-state index contributed by atoms with van der Waals surface area (Å²) in [4.78, 5) is 8.74. The average Bonchev–Trinajstić information content (AvgIpc) is 3.09. The largest absolute Gasteiger partial charge is 0.543 e. The van der Waals surface area contributed by atoms with Crippen LogP contribution in [0, 0.1) is 0 Å². The summed E-state index contributed by atoms with van der Waals surface area (Å²) in [6.07, 6.45) is 49.7. The van der Waals surface area contributed by atoms with Crippen LogP contribution < -0.4 is 10.8 Å². The molecule has 1 unspecified atom stereocenters. The summed E-state index contributed by atoms with van der Waals surface area (Å²) in [7, 11) is -0.571. The Labute approximate surface area is 332 Å². The normalized spacial score (nSPS) is 13.2. The molecular formula is C45H95N2O5S+. The zero-order valence-corrected chi connectivity index (χ0v) is 37.5. The fourth-order valence-electron chi connectivity index (χ4n) is 7.74. The Morgan fingerprint density at radius 1 is 0.509 bits per heavy atom. The Morgan fingerprint density at radius 3 is 0.887 bits per heavy atom. The molecule has 8 heteroatoms. The lowest BCUT2D eigenvalue weighted by molar-refractivity contribution is -0.901. The molecule has 0 amide bonds. The summed E-state index contributed by atoms with van der Waals surface area (Å²) in [5, 5.41) is 11.0. The van der Waals surface area contributed by atoms with Crippen molar-refractivity contribution in [3.8, 4) is 0 Å². The first-order valence-electron chi connectivity index (χ1n) is 23.1. The third-order valence-corrected chi connectivity index (χ3v) is 13.1. The standard InChI is InChI=1S/C37H77N.C8H17NO5S/c1-3-5-7-9-11-13-15-17-19-21-23-25-27-29-31-33-35-37(38)36-34-32-30-28-26-24-22-20-18-16-14-12-10-8-6-4-2;1-5-6-8(7(10)11,9(2,3)4)15(12,13)14/h37H,3-36,38H2,1-2H3;5-6H2,1-4H3,(H-,10,11,12,13,14)/p+1. The van der Waals surface area contributed by atoms with E-state index in [1.165, 1.54) is 239 Å². The Morgan fingerprint density at radius 2 is 0.736 bits per heavy atom. The summed E-state index contributed by atoms with van der Waals surface area (Å²) in [5.74, 6) is -1.78. The number of aliphatic carboxylic acids is 1. The predicted molar refractivity (Wildman–Crippen MR) is 227 cm³/mol. The molecule has 0 rings (SSSR count). The molecule has 0 radical (unpaired) electrons. The van der Waals surface area contributed by atoms with Crippen LogP contribution in [0.3, 0.4) is 0 Å². The molecule has 0 saturated heterocycles. The van der Waals surface area contributed by atoms with Gasteiger partial charge in [-0.2, -0.15) is 8.42 Å². The topological polar surface area (TPSA) is 122 Å². The highest BCUT2D eigenvalue weighted by molar-refractivity contribution is 7.87. The SMILES string of the molecule is CCCC(C(=O)[O-])([N+](C)(C)C)S(=O)(=O)O.CCCCCCCCCCCCCCCCCCC([NH3+])CCCCCCCCCCCCCCCCCC. The van der Waals surface area contributed by atoms with Gasteiger partial charge in [-0.25, -0.2) is 0 Å². The number of hydrogen-bond acceptors (Lipinski definition) is 4. The number of quaternary nitrogens is 2. The van der Waals surface area contributed by atoms with Crippen molar-refractivity contribution >= 4 is 16.1 Å². The first-order chi connectivity index (χ1) is 25.3. The van der Waals surface area contributed by atoms with Crippen LogP contribution in [0.1, 0.15) is 252 Å². The van der Waals surface area contributed by atoms with Gasteiger partial charge < -0.3 is 20.1 Å². The summed E-state index contributed by atoms with van der Waals surface area (Å²) < 4.78 is 31.2. The summed E-state index contributed by atoms with van der Waals surface area (Å²) >= 11 is 0. The molecule has 0 bridgehead atoms. The highest BCUT2D eigenvalue weighted by Crippen LogP contribution is 2.30. The molecule has 0 aliphatic heterocycles. The van der Waals surface area contributed by atoms with Crippen LogP contribution in [0.15, 0.2) is 0 Å². The van der Waals surface area contributed by atoms with Crippen LogP contribution in [-0.4, -0.2) is 55.5 Å². The number of carbonyl (C=O) groups excluding carboxylic acids is 1. The highest BCUT2D eigenvalue weighted by Gasteiger charge is 2.55. The van der Waals surface area contributed by atoms with Gasteiger partial charge in [-0.3, -0.25) is 4.55 Å². The molecular weight excluding hydrogens is 681 g/mol. The van der Waals surface area contributed by atoms with Crippen LogP contribution in [0.4, 0.5) is 0 Å². The molecule has 0 aliphatic rings. The second-order valence-corrected chi connectivity index (χ2v) is 19.0. The molecule has 0 aromatic heterocycles. The maximum atomic E-state index is 11.3. The molecule has 53 heavy (non-hydrogen) atoms. The van der Waals surface area contributed by atoms with Gasteiger partial charge in [0.2, 0.25) is 0 Å². The molecule has 1 atom stereocenters. The number of hydrogen-bond donors (Lipinski definition) is 2. The van der Waals surface area contributed by atoms with Gasteiger partial charge in [-0.05, 0) is 32.1 Å². The van der Waals surface area contributed by atoms with E-state index in [1.54, 1.807) is 6.92 Å². The van der Waals surface area contributed by atoms with Crippen molar-refractivity contribution in [3.63, 3.8) is 0 Å². The second-order valence-electron chi connectivity index (χ2n) is 17.4. The van der Waals surface area contributed by atoms with Crippen LogP contribution >= 0.6 is 0 Å². The number of carbonyl (C=O) groups is 1. The van der Waals surface area contributed by atoms with E-state index in [1.807, 2.05) is 0 Å². The van der Waals surface area contributed by atoms with E-state index in [4.69, 9.17) is 4.55 Å². The molecule has 7 nitrogen and oxygen atoms in total. The Hall–Kier alpha value is -0.700. The van der Waals surface area contributed by atoms with Gasteiger partial charge in [0, 0.05) is 6.42 Å². The third-order valence-electron chi connectivity index (χ3n) is 11.4. The van der Waals surface area contributed by atoms with Gasteiger partial charge in [0.1, 0.15) is 5.97 Å². The van der Waals surface area contributed by atoms with Crippen LogP contribution in [0.2, 0.25) is 0 Å². The fraction of sp³-hybridized carbons (Fsp3) is 0.978. The first-order valence-corrected chi connectivity index (χ1v) is 24.6. The minimum absolute atomic E-state index is 0.197. The Kier molecular flexibility index (Phi) is 37.9. The number of carboxylic acid groups (broad SMARTS) is 1. The highest BCUT2D eigenvalue weighted by atomic mass is 32.2. The molecule has 0 aromatic rings. The molecule has 0 heterocycles. The first kappa shape index (κ1) is 54.4. The third kappa shape index (κ3) is 31.1. The number of likely N-dealkylation sites (N-methyl/N-ethyl adjacent to an activating group) is 1. The van der Waals surface area contributed by atoms with Crippen LogP contribution in [0.5, 0.6) is 0 Å². The van der Waals surface area contributed by atoms with Crippen LogP contribution in [-0.2, 0) is 14.9 Å². The van der Waals surface area contributed by atoms with E-state index in [9.17, 15) is 18.3 Å². The molecule has 320 valence electrons. The number of nitrogens with zero attached hydrogens (tertiary/aromatic N) is 1. The number of unbranched alkanes of at least 4 members (excludes halogenated alkanes) is 30. The average molecular weight is 776 g/mol. The van der Waals surface area contributed by atoms with E-state index in [2.05, 4.69) is 19.6 Å². The summed E-state index contributed by atoms with van der Waals surface area (Å²) in [6, 6.07) is 0.716. The number of rotatable bonds is 39. The smallest absolute Gasteiger partial charge is 0.328 e. The second kappa shape index (κ2) is 36.9. The maximum Gasteiger partial charge on any atom is 0.328 e. The summed E-state index contributed by atoms with van der Waals surface area (Å²) in [5.41, 5.74) is 4.45. The van der Waals surface area contributed by atoms with Crippen molar-refractivity contribution in [3.05, 3.63) is 0 Å². The van der Waals surface area contributed by atoms with E-state index in [0.29, 0.717) is 12.5 Å². The van der Waals surface area contributed by atoms with Gasteiger partial charge in [0.05, 0.1) is 27.2 Å². The van der Waals surface area contributed by atoms with Crippen molar-refractivity contribution in [2.45, 2.75) is 263 Å². The van der Waals surface area contributed by atoms with Gasteiger partial charge in [-0.15, -0.1) is 0 Å². The Balaban J connectivity index is 0. The zero-order chi connectivity index (χ0) is 40.1. The van der Waals surface area contributed by atoms with Crippen molar-refractivity contribution in [1.29, 1.82) is 0 Å². The van der Waals surface area contributed by atoms with Gasteiger partial charge in [-0.1, -0.05) is 213 Å². The van der Waals surface area contributed by atoms with E-state index in [0.717, 1.165) is 0 Å². The van der Waals surface area contributed by atoms with E-state index < -0.39 is 25.4 Å². The molecule has 0 fully saturated rings. The van der Waals surface area contributed by atoms with Crippen molar-refractivity contribution in [2.75, 3.05) is 21.1 Å². The van der Waals surface area contributed by atoms with Crippen molar-refractivity contribution in [2.24, 2.45) is 0 Å². The van der Waals surface area contributed by atoms with Gasteiger partial charge in [0.15, 0.2) is 0 Å². The zero-order valence-electron chi connectivity index (χ0n) is 36.7. The van der Waals surface area contributed by atoms with Crippen molar-refractivity contribution < 1.29 is 33.1 Å². The summed E-state index contributed by atoms with van der Waals surface area (Å²) in [6.45, 7) is 6.25. The molecule has 0 aromatic carbocycles. The fourth-order valence-corrected chi connectivity index (χ4v) is 9.10. The molecule has 4 N–H and O–H groups in total.